The Bertz CT molecular complexity index is 615. The predicted octanol–water partition coefficient (Wildman–Crippen LogP) is 2.51. The van der Waals surface area contributed by atoms with Gasteiger partial charge in [-0.05, 0) is 42.2 Å². The Labute approximate surface area is 122 Å². The van der Waals surface area contributed by atoms with Crippen LogP contribution < -0.4 is 10.5 Å². The van der Waals surface area contributed by atoms with Gasteiger partial charge in [-0.25, -0.2) is 9.97 Å². The van der Waals surface area contributed by atoms with Crippen LogP contribution in [-0.2, 0) is 6.42 Å². The Morgan fingerprint density at radius 1 is 1.30 bits per heavy atom. The molecule has 20 heavy (non-hydrogen) atoms. The molecule has 1 heterocycles. The third kappa shape index (κ3) is 2.51. The zero-order valence-corrected chi connectivity index (χ0v) is 12.4. The minimum absolute atomic E-state index is 0.00463. The molecule has 0 radical (unpaired) electrons. The first-order chi connectivity index (χ1) is 9.67. The number of hydrogen-bond donors (Lipinski definition) is 1. The van der Waals surface area contributed by atoms with E-state index < -0.39 is 0 Å². The standard InChI is InChI=1S/C15H17N3OS/c1-9-7-17-15(18-8-9)20-13-5-10-3-4-11(19-2)6-12(10)14(13)16/h3-4,6-8,13-14H,5,16H2,1-2H3. The molecule has 2 unspecified atom stereocenters. The van der Waals surface area contributed by atoms with Gasteiger partial charge in [0, 0.05) is 23.7 Å². The van der Waals surface area contributed by atoms with Crippen molar-refractivity contribution in [2.24, 2.45) is 5.73 Å². The van der Waals surface area contributed by atoms with E-state index in [1.807, 2.05) is 31.5 Å². The van der Waals surface area contributed by atoms with Crippen LogP contribution in [0, 0.1) is 6.92 Å². The molecular formula is C15H17N3OS. The minimum Gasteiger partial charge on any atom is -0.497 e. The molecule has 1 aliphatic rings. The predicted molar refractivity (Wildman–Crippen MR) is 80.0 cm³/mol. The lowest BCUT2D eigenvalue weighted by Gasteiger charge is -2.14. The molecule has 2 N–H and O–H groups in total. The zero-order chi connectivity index (χ0) is 14.1. The molecule has 5 heteroatoms. The van der Waals surface area contributed by atoms with Crippen LogP contribution in [0.3, 0.4) is 0 Å². The van der Waals surface area contributed by atoms with Crippen molar-refractivity contribution in [3.05, 3.63) is 47.3 Å². The van der Waals surface area contributed by atoms with Crippen molar-refractivity contribution < 1.29 is 4.74 Å². The Hall–Kier alpha value is -1.59. The van der Waals surface area contributed by atoms with Crippen LogP contribution in [0.2, 0.25) is 0 Å². The highest BCUT2D eigenvalue weighted by atomic mass is 32.2. The average molecular weight is 287 g/mol. The largest absolute Gasteiger partial charge is 0.497 e. The molecule has 4 nitrogen and oxygen atoms in total. The topological polar surface area (TPSA) is 61.0 Å². The maximum Gasteiger partial charge on any atom is 0.187 e. The second-order valence-corrected chi connectivity index (χ2v) is 6.20. The molecule has 0 amide bonds. The third-order valence-electron chi connectivity index (χ3n) is 3.55. The zero-order valence-electron chi connectivity index (χ0n) is 11.5. The number of methoxy groups -OCH3 is 1. The lowest BCUT2D eigenvalue weighted by molar-refractivity contribution is 0.414. The lowest BCUT2D eigenvalue weighted by atomic mass is 10.1. The van der Waals surface area contributed by atoms with E-state index in [0.717, 1.165) is 22.9 Å². The molecule has 104 valence electrons. The molecule has 2 atom stereocenters. The number of nitrogens with zero attached hydrogens (tertiary/aromatic N) is 2. The fourth-order valence-corrected chi connectivity index (χ4v) is 3.49. The molecule has 0 saturated heterocycles. The van der Waals surface area contributed by atoms with E-state index in [1.54, 1.807) is 18.9 Å². The highest BCUT2D eigenvalue weighted by Crippen LogP contribution is 2.40. The molecule has 0 aliphatic heterocycles. The van der Waals surface area contributed by atoms with Crippen LogP contribution in [0.1, 0.15) is 22.7 Å². The summed E-state index contributed by atoms with van der Waals surface area (Å²) in [6.45, 7) is 1.98. The SMILES string of the molecule is COc1ccc2c(c1)C(N)C(Sc1ncc(C)cn1)C2. The number of aromatic nitrogens is 2. The maximum absolute atomic E-state index is 6.36. The maximum atomic E-state index is 6.36. The van der Waals surface area contributed by atoms with Crippen molar-refractivity contribution in [2.45, 2.75) is 29.8 Å². The summed E-state index contributed by atoms with van der Waals surface area (Å²) in [5.41, 5.74) is 9.90. The van der Waals surface area contributed by atoms with E-state index >= 15 is 0 Å². The van der Waals surface area contributed by atoms with Crippen LogP contribution in [0.25, 0.3) is 0 Å². The Kier molecular flexibility index (Phi) is 3.63. The molecule has 2 aromatic rings. The van der Waals surface area contributed by atoms with Crippen molar-refractivity contribution in [3.8, 4) is 5.75 Å². The summed E-state index contributed by atoms with van der Waals surface area (Å²) in [5.74, 6) is 0.858. The van der Waals surface area contributed by atoms with Crippen LogP contribution in [-0.4, -0.2) is 22.3 Å². The second kappa shape index (κ2) is 5.42. The molecule has 0 fully saturated rings. The van der Waals surface area contributed by atoms with Crippen molar-refractivity contribution in [2.75, 3.05) is 7.11 Å². The summed E-state index contributed by atoms with van der Waals surface area (Å²) < 4.78 is 5.27. The first-order valence-electron chi connectivity index (χ1n) is 6.55. The van der Waals surface area contributed by atoms with Crippen LogP contribution in [0.15, 0.2) is 35.7 Å². The highest BCUT2D eigenvalue weighted by Gasteiger charge is 2.31. The Morgan fingerprint density at radius 3 is 2.75 bits per heavy atom. The van der Waals surface area contributed by atoms with Gasteiger partial charge < -0.3 is 10.5 Å². The van der Waals surface area contributed by atoms with Gasteiger partial charge >= 0.3 is 0 Å². The van der Waals surface area contributed by atoms with Crippen molar-refractivity contribution >= 4 is 11.8 Å². The van der Waals surface area contributed by atoms with Crippen LogP contribution in [0.4, 0.5) is 0 Å². The van der Waals surface area contributed by atoms with Gasteiger partial charge in [0.15, 0.2) is 5.16 Å². The van der Waals surface area contributed by atoms with Gasteiger partial charge in [0.05, 0.1) is 7.11 Å². The van der Waals surface area contributed by atoms with Gasteiger partial charge in [0.25, 0.3) is 0 Å². The molecule has 0 bridgehead atoms. The minimum atomic E-state index is -0.00463. The number of thioether (sulfide) groups is 1. The van der Waals surface area contributed by atoms with Crippen LogP contribution >= 0.6 is 11.8 Å². The Balaban J connectivity index is 1.79. The van der Waals surface area contributed by atoms with Gasteiger partial charge in [0.1, 0.15) is 5.75 Å². The highest BCUT2D eigenvalue weighted by molar-refractivity contribution is 7.99. The normalized spacial score (nSPS) is 20.8. The number of hydrogen-bond acceptors (Lipinski definition) is 5. The summed E-state index contributed by atoms with van der Waals surface area (Å²) in [5, 5.41) is 1.07. The van der Waals surface area contributed by atoms with Crippen LogP contribution in [0.5, 0.6) is 5.75 Å². The molecule has 0 spiro atoms. The van der Waals surface area contributed by atoms with Gasteiger partial charge in [-0.3, -0.25) is 0 Å². The Morgan fingerprint density at radius 2 is 2.05 bits per heavy atom. The van der Waals surface area contributed by atoms with Crippen molar-refractivity contribution in [1.82, 2.24) is 9.97 Å². The van der Waals surface area contributed by atoms with Gasteiger partial charge in [-0.2, -0.15) is 0 Å². The van der Waals surface area contributed by atoms with E-state index in [9.17, 15) is 0 Å². The number of ether oxygens (including phenoxy) is 1. The number of aryl methyl sites for hydroxylation is 1. The number of rotatable bonds is 3. The van der Waals surface area contributed by atoms with E-state index in [2.05, 4.69) is 16.0 Å². The monoisotopic (exact) mass is 287 g/mol. The van der Waals surface area contributed by atoms with Gasteiger partial charge in [-0.15, -0.1) is 0 Å². The summed E-state index contributed by atoms with van der Waals surface area (Å²) in [6.07, 6.45) is 4.63. The van der Waals surface area contributed by atoms with Gasteiger partial charge in [0.2, 0.25) is 0 Å². The number of fused-ring (bicyclic) bond motifs is 1. The fraction of sp³-hybridized carbons (Fsp3) is 0.333. The summed E-state index contributed by atoms with van der Waals surface area (Å²) in [6, 6.07) is 6.12. The first kappa shape index (κ1) is 13.4. The van der Waals surface area contributed by atoms with Crippen molar-refractivity contribution in [1.29, 1.82) is 0 Å². The second-order valence-electron chi connectivity index (χ2n) is 4.99. The summed E-state index contributed by atoms with van der Waals surface area (Å²) in [7, 11) is 1.68. The van der Waals surface area contributed by atoms with Gasteiger partial charge in [-0.1, -0.05) is 17.8 Å². The molecular weight excluding hydrogens is 270 g/mol. The summed E-state index contributed by atoms with van der Waals surface area (Å²) in [4.78, 5) is 8.69. The van der Waals surface area contributed by atoms with E-state index in [-0.39, 0.29) is 11.3 Å². The third-order valence-corrected chi connectivity index (χ3v) is 4.73. The smallest absolute Gasteiger partial charge is 0.187 e. The van der Waals surface area contributed by atoms with E-state index in [4.69, 9.17) is 10.5 Å². The molecule has 1 aliphatic carbocycles. The van der Waals surface area contributed by atoms with E-state index in [0.29, 0.717) is 0 Å². The molecule has 1 aromatic carbocycles. The summed E-state index contributed by atoms with van der Waals surface area (Å²) >= 11 is 1.65. The fourth-order valence-electron chi connectivity index (χ4n) is 2.43. The first-order valence-corrected chi connectivity index (χ1v) is 7.43. The number of nitrogens with two attached hydrogens (primary N) is 1. The molecule has 0 saturated carbocycles. The van der Waals surface area contributed by atoms with E-state index in [1.165, 1.54) is 11.1 Å². The van der Waals surface area contributed by atoms with Crippen molar-refractivity contribution in [3.63, 3.8) is 0 Å². The lowest BCUT2D eigenvalue weighted by Crippen LogP contribution is -2.19. The quantitative estimate of drug-likeness (QED) is 0.879. The molecule has 3 rings (SSSR count). The molecule has 1 aromatic heterocycles. The average Bonchev–Trinajstić information content (AvgIpc) is 2.77. The number of benzene rings is 1.